The molecule has 2 aromatic rings. The summed E-state index contributed by atoms with van der Waals surface area (Å²) in [6.07, 6.45) is 1.36. The molecule has 1 aliphatic carbocycles. The molecule has 1 saturated carbocycles. The second-order valence-electron chi connectivity index (χ2n) is 11.2. The number of carbonyl (C=O) groups is 1. The molecule has 8 heteroatoms. The first-order chi connectivity index (χ1) is 15.6. The molecule has 188 valence electrons. The molecular weight excluding hydrogens is 443 g/mol. The summed E-state index contributed by atoms with van der Waals surface area (Å²) < 4.78 is 44.2. The van der Waals surface area contributed by atoms with Crippen molar-refractivity contribution in [3.63, 3.8) is 0 Å². The fourth-order valence-corrected chi connectivity index (χ4v) is 4.15. The van der Waals surface area contributed by atoms with Crippen LogP contribution in [0, 0.1) is 5.92 Å². The van der Waals surface area contributed by atoms with Crippen LogP contribution >= 0.6 is 0 Å². The van der Waals surface area contributed by atoms with E-state index in [0.29, 0.717) is 29.9 Å². The molecule has 0 spiro atoms. The van der Waals surface area contributed by atoms with Gasteiger partial charge in [-0.15, -0.1) is 0 Å². The van der Waals surface area contributed by atoms with Crippen LogP contribution in [0.15, 0.2) is 29.4 Å². The quantitative estimate of drug-likeness (QED) is 0.604. The lowest BCUT2D eigenvalue weighted by Crippen LogP contribution is -2.33. The Morgan fingerprint density at radius 2 is 1.79 bits per heavy atom. The third-order valence-corrected chi connectivity index (χ3v) is 6.53. The minimum absolute atomic E-state index is 0.0713. The molecule has 1 heterocycles. The van der Waals surface area contributed by atoms with Gasteiger partial charge in [0.2, 0.25) is 0 Å². The third kappa shape index (κ3) is 6.20. The number of alkyl halides is 3. The Morgan fingerprint density at radius 1 is 1.15 bits per heavy atom. The minimum Gasteiger partial charge on any atom is -0.390 e. The van der Waals surface area contributed by atoms with E-state index in [0.717, 1.165) is 30.5 Å². The Hall–Kier alpha value is -2.35. The van der Waals surface area contributed by atoms with Crippen LogP contribution in [0.5, 0.6) is 0 Å². The largest absolute Gasteiger partial charge is 0.416 e. The number of amides is 1. The molecule has 3 rings (SSSR count). The van der Waals surface area contributed by atoms with Crippen molar-refractivity contribution in [2.75, 3.05) is 0 Å². The van der Waals surface area contributed by atoms with E-state index in [2.05, 4.69) is 4.99 Å². The van der Waals surface area contributed by atoms with Gasteiger partial charge in [0.05, 0.1) is 11.2 Å². The van der Waals surface area contributed by atoms with Crippen LogP contribution in [-0.4, -0.2) is 26.0 Å². The van der Waals surface area contributed by atoms with Crippen molar-refractivity contribution in [1.29, 1.82) is 0 Å². The number of aryl methyl sites for hydroxylation is 2. The van der Waals surface area contributed by atoms with Crippen molar-refractivity contribution in [2.45, 2.75) is 90.5 Å². The number of hydrogen-bond donors (Lipinski definition) is 1. The zero-order valence-electron chi connectivity index (χ0n) is 21.0. The highest BCUT2D eigenvalue weighted by atomic mass is 19.4. The molecule has 0 unspecified atom stereocenters. The van der Waals surface area contributed by atoms with E-state index in [1.807, 2.05) is 43.4 Å². The number of hydrogen-bond acceptors (Lipinski definition) is 2. The summed E-state index contributed by atoms with van der Waals surface area (Å²) in [5.74, 6) is -0.192. The Kier molecular flexibility index (Phi) is 7.23. The predicted molar refractivity (Wildman–Crippen MR) is 125 cm³/mol. The number of carbonyl (C=O) groups excluding carboxylic acids is 1. The molecule has 0 atom stereocenters. The summed E-state index contributed by atoms with van der Waals surface area (Å²) in [4.78, 5) is 17.9. The van der Waals surface area contributed by atoms with Crippen molar-refractivity contribution >= 4 is 5.91 Å². The summed E-state index contributed by atoms with van der Waals surface area (Å²) in [6.45, 7) is 10.1. The van der Waals surface area contributed by atoms with Gasteiger partial charge in [-0.2, -0.15) is 18.2 Å². The van der Waals surface area contributed by atoms with E-state index < -0.39 is 23.2 Å². The topological polar surface area (TPSA) is 59.5 Å². The van der Waals surface area contributed by atoms with Crippen LogP contribution in [0.25, 0.3) is 0 Å². The molecule has 1 aromatic carbocycles. The molecule has 34 heavy (non-hydrogen) atoms. The molecule has 0 saturated heterocycles. The van der Waals surface area contributed by atoms with Crippen LogP contribution in [0.3, 0.4) is 0 Å². The number of benzene rings is 1. The zero-order valence-corrected chi connectivity index (χ0v) is 21.0. The lowest BCUT2D eigenvalue weighted by molar-refractivity contribution is -0.137. The molecule has 1 amide bonds. The first kappa shape index (κ1) is 26.3. The summed E-state index contributed by atoms with van der Waals surface area (Å²) >= 11 is 0. The standard InChI is InChI=1S/C26H36F3N3O2/c1-24(2,3)21-16-31(6)32(15-17-8-7-9-17)22(21)30-23(33)20-14-19(26(27,28)29)11-10-18(20)12-13-25(4,5)34/h10-11,14,16-17,34H,7-9,12-13,15H2,1-6H3/b30-22+. The average Bonchev–Trinajstić information content (AvgIpc) is 2.97. The van der Waals surface area contributed by atoms with E-state index in [1.54, 1.807) is 13.8 Å². The van der Waals surface area contributed by atoms with Gasteiger partial charge in [-0.1, -0.05) is 33.3 Å². The van der Waals surface area contributed by atoms with Crippen LogP contribution in [0.1, 0.15) is 87.4 Å². The van der Waals surface area contributed by atoms with Gasteiger partial charge in [0.1, 0.15) is 0 Å². The molecule has 1 fully saturated rings. The highest BCUT2D eigenvalue weighted by Gasteiger charge is 2.32. The Labute approximate surface area is 199 Å². The molecule has 1 aliphatic rings. The molecule has 0 radical (unpaired) electrons. The van der Waals surface area contributed by atoms with Gasteiger partial charge in [0, 0.05) is 30.9 Å². The number of rotatable bonds is 6. The van der Waals surface area contributed by atoms with E-state index in [1.165, 1.54) is 12.5 Å². The van der Waals surface area contributed by atoms with Gasteiger partial charge >= 0.3 is 6.18 Å². The Bertz CT molecular complexity index is 1110. The fourth-order valence-electron chi connectivity index (χ4n) is 4.15. The van der Waals surface area contributed by atoms with Crippen molar-refractivity contribution < 1.29 is 23.1 Å². The summed E-state index contributed by atoms with van der Waals surface area (Å²) in [6, 6.07) is 3.20. The molecular formula is C26H36F3N3O2. The zero-order chi connectivity index (χ0) is 25.5. The maximum Gasteiger partial charge on any atom is 0.416 e. The second-order valence-corrected chi connectivity index (χ2v) is 11.2. The predicted octanol–water partition coefficient (Wildman–Crippen LogP) is 5.39. The summed E-state index contributed by atoms with van der Waals surface area (Å²) in [5.41, 5.74) is -0.458. The number of aromatic nitrogens is 2. The SMILES string of the molecule is Cn1cc(C(C)(C)C)/c(=N\C(=O)c2cc(C(F)(F)F)ccc2CCC(C)(C)O)n1CC1CCC1. The molecule has 5 nitrogen and oxygen atoms in total. The highest BCUT2D eigenvalue weighted by Crippen LogP contribution is 2.32. The van der Waals surface area contributed by atoms with Gasteiger partial charge < -0.3 is 5.11 Å². The normalized spacial score (nSPS) is 16.1. The van der Waals surface area contributed by atoms with Crippen molar-refractivity contribution in [3.05, 3.63) is 52.1 Å². The molecule has 1 N–H and O–H groups in total. The Morgan fingerprint density at radius 3 is 2.29 bits per heavy atom. The van der Waals surface area contributed by atoms with Gasteiger partial charge in [0.15, 0.2) is 5.49 Å². The molecule has 0 aliphatic heterocycles. The maximum absolute atomic E-state index is 13.5. The van der Waals surface area contributed by atoms with Crippen molar-refractivity contribution in [2.24, 2.45) is 18.0 Å². The van der Waals surface area contributed by atoms with Gasteiger partial charge in [0.25, 0.3) is 5.91 Å². The van der Waals surface area contributed by atoms with E-state index in [-0.39, 0.29) is 17.4 Å². The van der Waals surface area contributed by atoms with Crippen molar-refractivity contribution in [3.8, 4) is 0 Å². The monoisotopic (exact) mass is 479 g/mol. The van der Waals surface area contributed by atoms with Gasteiger partial charge in [-0.25, -0.2) is 0 Å². The van der Waals surface area contributed by atoms with Crippen LogP contribution < -0.4 is 5.49 Å². The summed E-state index contributed by atoms with van der Waals surface area (Å²) in [5, 5.41) is 10.1. The van der Waals surface area contributed by atoms with E-state index >= 15 is 0 Å². The lowest BCUT2D eigenvalue weighted by Gasteiger charge is -2.26. The number of halogens is 3. The smallest absolute Gasteiger partial charge is 0.390 e. The van der Waals surface area contributed by atoms with Crippen LogP contribution in [0.4, 0.5) is 13.2 Å². The van der Waals surface area contributed by atoms with Crippen LogP contribution in [0.2, 0.25) is 0 Å². The highest BCUT2D eigenvalue weighted by molar-refractivity contribution is 5.96. The molecule has 0 bridgehead atoms. The fraction of sp³-hybridized carbons (Fsp3) is 0.615. The van der Waals surface area contributed by atoms with Gasteiger partial charge in [-0.05, 0) is 68.6 Å². The first-order valence-corrected chi connectivity index (χ1v) is 11.8. The number of aliphatic hydroxyl groups is 1. The minimum atomic E-state index is -4.57. The maximum atomic E-state index is 13.5. The average molecular weight is 480 g/mol. The lowest BCUT2D eigenvalue weighted by atomic mass is 9.85. The van der Waals surface area contributed by atoms with Gasteiger partial charge in [-0.3, -0.25) is 14.2 Å². The summed E-state index contributed by atoms with van der Waals surface area (Å²) in [7, 11) is 1.90. The Balaban J connectivity index is 2.14. The third-order valence-electron chi connectivity index (χ3n) is 6.53. The van der Waals surface area contributed by atoms with E-state index in [9.17, 15) is 23.1 Å². The number of nitrogens with zero attached hydrogens (tertiary/aromatic N) is 3. The van der Waals surface area contributed by atoms with Crippen LogP contribution in [-0.2, 0) is 31.6 Å². The molecule has 1 aromatic heterocycles. The second kappa shape index (κ2) is 9.36. The van der Waals surface area contributed by atoms with Crippen molar-refractivity contribution in [1.82, 2.24) is 9.36 Å². The first-order valence-electron chi connectivity index (χ1n) is 11.8. The van der Waals surface area contributed by atoms with E-state index in [4.69, 9.17) is 0 Å².